The molecular formula is C13H13ClN2O2. The number of carbonyl (C=O) groups is 1. The molecule has 1 aromatic heterocycles. The number of aryl methyl sites for hydroxylation is 1. The molecule has 0 radical (unpaired) electrons. The zero-order valence-electron chi connectivity index (χ0n) is 9.93. The van der Waals surface area contributed by atoms with Crippen molar-refractivity contribution in [2.45, 2.75) is 19.9 Å². The molecule has 0 aliphatic rings. The lowest BCUT2D eigenvalue weighted by atomic mass is 10.1. The van der Waals surface area contributed by atoms with Gasteiger partial charge in [0.05, 0.1) is 19.2 Å². The molecule has 2 rings (SSSR count). The van der Waals surface area contributed by atoms with Crippen molar-refractivity contribution in [1.29, 1.82) is 0 Å². The number of carboxylic acid groups (broad SMARTS) is 1. The van der Waals surface area contributed by atoms with Crippen molar-refractivity contribution >= 4 is 17.6 Å². The largest absolute Gasteiger partial charge is 0.481 e. The highest BCUT2D eigenvalue weighted by Crippen LogP contribution is 2.17. The summed E-state index contributed by atoms with van der Waals surface area (Å²) in [4.78, 5) is 10.6. The van der Waals surface area contributed by atoms with Crippen LogP contribution in [0.25, 0.3) is 0 Å². The standard InChI is InChI=1S/C13H13ClN2O2/c1-9-3-2-4-10(5-9)8-16-13(14)11(7-15-16)6-12(17)18/h2-5,7H,6,8H2,1H3,(H,17,18). The Bertz CT molecular complexity index is 578. The first-order valence-corrected chi connectivity index (χ1v) is 5.91. The summed E-state index contributed by atoms with van der Waals surface area (Å²) >= 11 is 6.10. The molecule has 0 amide bonds. The fraction of sp³-hybridized carbons (Fsp3) is 0.231. The monoisotopic (exact) mass is 264 g/mol. The second-order valence-corrected chi connectivity index (χ2v) is 4.54. The molecular weight excluding hydrogens is 252 g/mol. The molecule has 1 heterocycles. The Hall–Kier alpha value is -1.81. The zero-order chi connectivity index (χ0) is 13.1. The van der Waals surface area contributed by atoms with Gasteiger partial charge in [-0.25, -0.2) is 4.68 Å². The molecule has 0 fully saturated rings. The van der Waals surface area contributed by atoms with E-state index in [1.165, 1.54) is 11.8 Å². The average Bonchev–Trinajstić information content (AvgIpc) is 2.61. The van der Waals surface area contributed by atoms with Crippen molar-refractivity contribution in [3.8, 4) is 0 Å². The van der Waals surface area contributed by atoms with Crippen molar-refractivity contribution in [2.75, 3.05) is 0 Å². The Labute approximate surface area is 110 Å². The Morgan fingerprint density at radius 3 is 2.94 bits per heavy atom. The van der Waals surface area contributed by atoms with Crippen molar-refractivity contribution in [3.05, 3.63) is 52.3 Å². The van der Waals surface area contributed by atoms with E-state index in [0.29, 0.717) is 17.3 Å². The number of hydrogen-bond acceptors (Lipinski definition) is 2. The molecule has 0 atom stereocenters. The minimum Gasteiger partial charge on any atom is -0.481 e. The van der Waals surface area contributed by atoms with Crippen LogP contribution in [0.1, 0.15) is 16.7 Å². The van der Waals surface area contributed by atoms with Crippen LogP contribution in [-0.4, -0.2) is 20.9 Å². The van der Waals surface area contributed by atoms with E-state index in [9.17, 15) is 4.79 Å². The van der Waals surface area contributed by atoms with E-state index in [1.54, 1.807) is 4.68 Å². The summed E-state index contributed by atoms with van der Waals surface area (Å²) in [6, 6.07) is 8.03. The topological polar surface area (TPSA) is 55.1 Å². The second-order valence-electron chi connectivity index (χ2n) is 4.18. The average molecular weight is 265 g/mol. The van der Waals surface area contributed by atoms with Crippen molar-refractivity contribution < 1.29 is 9.90 Å². The van der Waals surface area contributed by atoms with Gasteiger partial charge in [-0.1, -0.05) is 41.4 Å². The maximum Gasteiger partial charge on any atom is 0.307 e. The van der Waals surface area contributed by atoms with Gasteiger partial charge in [-0.2, -0.15) is 5.10 Å². The highest BCUT2D eigenvalue weighted by atomic mass is 35.5. The first-order valence-electron chi connectivity index (χ1n) is 5.54. The van der Waals surface area contributed by atoms with Gasteiger partial charge >= 0.3 is 5.97 Å². The maximum atomic E-state index is 10.6. The summed E-state index contributed by atoms with van der Waals surface area (Å²) in [5.74, 6) is -0.910. The number of halogens is 1. The summed E-state index contributed by atoms with van der Waals surface area (Å²) in [6.07, 6.45) is 1.40. The number of hydrogen-bond donors (Lipinski definition) is 1. The van der Waals surface area contributed by atoms with Crippen LogP contribution in [0.4, 0.5) is 0 Å². The fourth-order valence-electron chi connectivity index (χ4n) is 1.78. The Morgan fingerprint density at radius 2 is 2.28 bits per heavy atom. The van der Waals surface area contributed by atoms with Gasteiger partial charge in [-0.15, -0.1) is 0 Å². The Morgan fingerprint density at radius 1 is 1.50 bits per heavy atom. The summed E-state index contributed by atoms with van der Waals surface area (Å²) in [7, 11) is 0. The Balaban J connectivity index is 2.20. The van der Waals surface area contributed by atoms with Crippen LogP contribution in [0.3, 0.4) is 0 Å². The second kappa shape index (κ2) is 5.23. The minimum atomic E-state index is -0.910. The quantitative estimate of drug-likeness (QED) is 0.923. The van der Waals surface area contributed by atoms with Crippen LogP contribution in [0.15, 0.2) is 30.5 Å². The normalized spacial score (nSPS) is 10.6. The number of carboxylic acids is 1. The summed E-state index contributed by atoms with van der Waals surface area (Å²) < 4.78 is 1.61. The van der Waals surface area contributed by atoms with Crippen LogP contribution in [0.5, 0.6) is 0 Å². The van der Waals surface area contributed by atoms with E-state index >= 15 is 0 Å². The molecule has 0 spiro atoms. The van der Waals surface area contributed by atoms with Gasteiger partial charge in [0.25, 0.3) is 0 Å². The molecule has 1 N–H and O–H groups in total. The molecule has 0 aliphatic heterocycles. The van der Waals surface area contributed by atoms with Gasteiger partial charge in [-0.05, 0) is 12.5 Å². The minimum absolute atomic E-state index is 0.105. The van der Waals surface area contributed by atoms with E-state index in [-0.39, 0.29) is 6.42 Å². The van der Waals surface area contributed by atoms with Gasteiger partial charge in [0.15, 0.2) is 0 Å². The van der Waals surface area contributed by atoms with E-state index in [0.717, 1.165) is 5.56 Å². The van der Waals surface area contributed by atoms with E-state index in [4.69, 9.17) is 16.7 Å². The maximum absolute atomic E-state index is 10.6. The van der Waals surface area contributed by atoms with Gasteiger partial charge in [0.1, 0.15) is 5.15 Å². The third-order valence-electron chi connectivity index (χ3n) is 2.60. The number of rotatable bonds is 4. The predicted molar refractivity (Wildman–Crippen MR) is 68.9 cm³/mol. The van der Waals surface area contributed by atoms with Crippen molar-refractivity contribution in [3.63, 3.8) is 0 Å². The summed E-state index contributed by atoms with van der Waals surface area (Å²) in [6.45, 7) is 2.56. The van der Waals surface area contributed by atoms with E-state index in [1.807, 2.05) is 25.1 Å². The van der Waals surface area contributed by atoms with Crippen molar-refractivity contribution in [1.82, 2.24) is 9.78 Å². The predicted octanol–water partition coefficient (Wildman–Crippen LogP) is 2.52. The van der Waals surface area contributed by atoms with Gasteiger partial charge < -0.3 is 5.11 Å². The summed E-state index contributed by atoms with van der Waals surface area (Å²) in [5, 5.41) is 13.2. The Kier molecular flexibility index (Phi) is 3.67. The molecule has 94 valence electrons. The molecule has 0 saturated carbocycles. The highest BCUT2D eigenvalue weighted by Gasteiger charge is 2.11. The van der Waals surface area contributed by atoms with Crippen LogP contribution in [0, 0.1) is 6.92 Å². The molecule has 18 heavy (non-hydrogen) atoms. The van der Waals surface area contributed by atoms with Gasteiger partial charge in [0.2, 0.25) is 0 Å². The van der Waals surface area contributed by atoms with Crippen molar-refractivity contribution in [2.24, 2.45) is 0 Å². The molecule has 0 aliphatic carbocycles. The zero-order valence-corrected chi connectivity index (χ0v) is 10.7. The third-order valence-corrected chi connectivity index (χ3v) is 3.04. The number of aromatic nitrogens is 2. The number of nitrogens with zero attached hydrogens (tertiary/aromatic N) is 2. The SMILES string of the molecule is Cc1cccc(Cn2ncc(CC(=O)O)c2Cl)c1. The number of aliphatic carboxylic acids is 1. The molecule has 0 saturated heterocycles. The van der Waals surface area contributed by atoms with Crippen LogP contribution in [-0.2, 0) is 17.8 Å². The lowest BCUT2D eigenvalue weighted by molar-refractivity contribution is -0.136. The van der Waals surface area contributed by atoms with Gasteiger partial charge in [-0.3, -0.25) is 4.79 Å². The van der Waals surface area contributed by atoms with Crippen LogP contribution >= 0.6 is 11.6 Å². The first-order chi connectivity index (χ1) is 8.56. The molecule has 2 aromatic rings. The third kappa shape index (κ3) is 2.90. The first kappa shape index (κ1) is 12.6. The molecule has 4 nitrogen and oxygen atoms in total. The van der Waals surface area contributed by atoms with E-state index in [2.05, 4.69) is 11.2 Å². The van der Waals surface area contributed by atoms with Gasteiger partial charge in [0, 0.05) is 5.56 Å². The van der Waals surface area contributed by atoms with Crippen LogP contribution in [0.2, 0.25) is 5.15 Å². The molecule has 5 heteroatoms. The lowest BCUT2D eigenvalue weighted by Gasteiger charge is -2.05. The highest BCUT2D eigenvalue weighted by molar-refractivity contribution is 6.30. The number of benzene rings is 1. The molecule has 0 unspecified atom stereocenters. The molecule has 0 bridgehead atoms. The van der Waals surface area contributed by atoms with E-state index < -0.39 is 5.97 Å². The summed E-state index contributed by atoms with van der Waals surface area (Å²) in [5.41, 5.74) is 2.79. The van der Waals surface area contributed by atoms with Crippen LogP contribution < -0.4 is 0 Å². The fourth-order valence-corrected chi connectivity index (χ4v) is 2.00. The smallest absolute Gasteiger partial charge is 0.307 e. The molecule has 1 aromatic carbocycles. The lowest BCUT2D eigenvalue weighted by Crippen LogP contribution is -2.03.